The lowest BCUT2D eigenvalue weighted by molar-refractivity contribution is -0.139. The van der Waals surface area contributed by atoms with Gasteiger partial charge in [0.15, 0.2) is 6.10 Å². The van der Waals surface area contributed by atoms with Crippen molar-refractivity contribution in [3.05, 3.63) is 29.8 Å². The van der Waals surface area contributed by atoms with E-state index in [0.29, 0.717) is 30.9 Å². The molecule has 0 spiro atoms. The van der Waals surface area contributed by atoms with Crippen molar-refractivity contribution in [2.24, 2.45) is 0 Å². The second kappa shape index (κ2) is 7.78. The fourth-order valence-corrected chi connectivity index (χ4v) is 2.49. The van der Waals surface area contributed by atoms with E-state index in [9.17, 15) is 4.79 Å². The zero-order valence-corrected chi connectivity index (χ0v) is 12.7. The third kappa shape index (κ3) is 3.97. The summed E-state index contributed by atoms with van der Waals surface area (Å²) in [6.07, 6.45) is -0.626. The highest BCUT2D eigenvalue weighted by Crippen LogP contribution is 2.19. The molecule has 0 saturated carbocycles. The van der Waals surface area contributed by atoms with Crippen LogP contribution in [0, 0.1) is 11.3 Å². The number of piperazine rings is 1. The van der Waals surface area contributed by atoms with Gasteiger partial charge in [-0.25, -0.2) is 0 Å². The van der Waals surface area contributed by atoms with E-state index >= 15 is 0 Å². The van der Waals surface area contributed by atoms with Crippen LogP contribution in [0.3, 0.4) is 0 Å². The number of hydrogen-bond donors (Lipinski definition) is 1. The molecule has 2 rings (SSSR count). The van der Waals surface area contributed by atoms with Crippen LogP contribution in [0.4, 0.5) is 0 Å². The number of amides is 1. The number of rotatable bonds is 5. The normalized spacial score (nSPS) is 16.9. The predicted molar refractivity (Wildman–Crippen MR) is 81.4 cm³/mol. The van der Waals surface area contributed by atoms with Gasteiger partial charge in [0.05, 0.1) is 12.2 Å². The van der Waals surface area contributed by atoms with E-state index in [2.05, 4.69) is 11.0 Å². The van der Waals surface area contributed by atoms with Gasteiger partial charge in [-0.15, -0.1) is 0 Å². The van der Waals surface area contributed by atoms with E-state index < -0.39 is 6.10 Å². The maximum atomic E-state index is 12.4. The average molecular weight is 303 g/mol. The molecule has 1 aromatic carbocycles. The molecule has 0 aliphatic carbocycles. The first kappa shape index (κ1) is 16.3. The van der Waals surface area contributed by atoms with Crippen molar-refractivity contribution in [1.82, 2.24) is 9.80 Å². The molecule has 6 nitrogen and oxygen atoms in total. The van der Waals surface area contributed by atoms with Crippen LogP contribution < -0.4 is 4.74 Å². The highest BCUT2D eigenvalue weighted by molar-refractivity contribution is 5.81. The number of nitrogens with zero attached hydrogens (tertiary/aromatic N) is 3. The third-order valence-electron chi connectivity index (χ3n) is 3.76. The predicted octanol–water partition coefficient (Wildman–Crippen LogP) is 0.462. The molecule has 1 saturated heterocycles. The Kier molecular flexibility index (Phi) is 5.75. The lowest BCUT2D eigenvalue weighted by Crippen LogP contribution is -2.52. The maximum absolute atomic E-state index is 12.4. The Morgan fingerprint density at radius 3 is 2.68 bits per heavy atom. The van der Waals surface area contributed by atoms with Gasteiger partial charge < -0.3 is 14.7 Å². The number of β-amino-alcohol motifs (C(OH)–C–C–N with tert-alkyl or cyclic N) is 1. The van der Waals surface area contributed by atoms with E-state index in [4.69, 9.17) is 15.1 Å². The number of nitriles is 1. The monoisotopic (exact) mass is 303 g/mol. The van der Waals surface area contributed by atoms with Crippen molar-refractivity contribution >= 4 is 5.91 Å². The lowest BCUT2D eigenvalue weighted by Gasteiger charge is -2.35. The molecule has 1 amide bonds. The average Bonchev–Trinajstić information content (AvgIpc) is 2.55. The summed E-state index contributed by atoms with van der Waals surface area (Å²) < 4.78 is 5.66. The SMILES string of the molecule is C[C@@H](Oc1ccccc1C#N)C(=O)N1CCN(CCO)CC1. The molecule has 6 heteroatoms. The standard InChI is InChI=1S/C16H21N3O3/c1-13(22-15-5-3-2-4-14(15)12-17)16(21)19-8-6-18(7-9-19)10-11-20/h2-5,13,20H,6-11H2,1H3/t13-/m1/s1. The van der Waals surface area contributed by atoms with Gasteiger partial charge in [-0.3, -0.25) is 9.69 Å². The number of benzene rings is 1. The van der Waals surface area contributed by atoms with Crippen molar-refractivity contribution in [3.63, 3.8) is 0 Å². The van der Waals surface area contributed by atoms with Gasteiger partial charge in [0, 0.05) is 32.7 Å². The van der Waals surface area contributed by atoms with Crippen LogP contribution in [-0.2, 0) is 4.79 Å². The number of carbonyl (C=O) groups excluding carboxylic acids is 1. The molecule has 1 N–H and O–H groups in total. The lowest BCUT2D eigenvalue weighted by atomic mass is 10.2. The van der Waals surface area contributed by atoms with Gasteiger partial charge in [-0.1, -0.05) is 12.1 Å². The Balaban J connectivity index is 1.92. The minimum atomic E-state index is -0.626. The van der Waals surface area contributed by atoms with Crippen LogP contribution in [-0.4, -0.2) is 66.2 Å². The molecular formula is C16H21N3O3. The Morgan fingerprint density at radius 2 is 2.05 bits per heavy atom. The number of aliphatic hydroxyl groups excluding tert-OH is 1. The number of ether oxygens (including phenoxy) is 1. The summed E-state index contributed by atoms with van der Waals surface area (Å²) in [5.74, 6) is 0.362. The van der Waals surface area contributed by atoms with Gasteiger partial charge in [-0.05, 0) is 19.1 Å². The summed E-state index contributed by atoms with van der Waals surface area (Å²) in [5.41, 5.74) is 0.426. The minimum absolute atomic E-state index is 0.0728. The highest BCUT2D eigenvalue weighted by Gasteiger charge is 2.26. The molecule has 1 aliphatic rings. The van der Waals surface area contributed by atoms with Crippen LogP contribution in [0.25, 0.3) is 0 Å². The summed E-state index contributed by atoms with van der Waals surface area (Å²) in [4.78, 5) is 16.3. The van der Waals surface area contributed by atoms with E-state index in [1.165, 1.54) is 0 Å². The Hall–Kier alpha value is -2.10. The number of carbonyl (C=O) groups is 1. The summed E-state index contributed by atoms with van der Waals surface area (Å²) in [7, 11) is 0. The van der Waals surface area contributed by atoms with Crippen molar-refractivity contribution in [1.29, 1.82) is 5.26 Å². The van der Waals surface area contributed by atoms with Gasteiger partial charge in [0.25, 0.3) is 5.91 Å². The Bertz CT molecular complexity index is 548. The summed E-state index contributed by atoms with van der Waals surface area (Å²) in [5, 5.41) is 18.0. The van der Waals surface area contributed by atoms with Gasteiger partial charge in [0.1, 0.15) is 11.8 Å². The maximum Gasteiger partial charge on any atom is 0.263 e. The zero-order valence-electron chi connectivity index (χ0n) is 12.7. The second-order valence-electron chi connectivity index (χ2n) is 5.26. The first-order chi connectivity index (χ1) is 10.7. The zero-order chi connectivity index (χ0) is 15.9. The molecule has 1 aromatic rings. The molecule has 0 radical (unpaired) electrons. The molecule has 22 heavy (non-hydrogen) atoms. The number of para-hydroxylation sites is 1. The fourth-order valence-electron chi connectivity index (χ4n) is 2.49. The molecule has 0 bridgehead atoms. The Morgan fingerprint density at radius 1 is 1.36 bits per heavy atom. The summed E-state index contributed by atoms with van der Waals surface area (Å²) >= 11 is 0. The molecule has 1 atom stereocenters. The quantitative estimate of drug-likeness (QED) is 0.855. The summed E-state index contributed by atoms with van der Waals surface area (Å²) in [6.45, 7) is 5.26. The Labute approximate surface area is 130 Å². The van der Waals surface area contributed by atoms with Crippen molar-refractivity contribution in [2.75, 3.05) is 39.3 Å². The van der Waals surface area contributed by atoms with E-state index in [1.807, 2.05) is 0 Å². The number of aliphatic hydroxyl groups is 1. The van der Waals surface area contributed by atoms with Crippen molar-refractivity contribution in [2.45, 2.75) is 13.0 Å². The van der Waals surface area contributed by atoms with E-state index in [0.717, 1.165) is 13.1 Å². The largest absolute Gasteiger partial charge is 0.480 e. The highest BCUT2D eigenvalue weighted by atomic mass is 16.5. The van der Waals surface area contributed by atoms with Crippen LogP contribution in [0.15, 0.2) is 24.3 Å². The second-order valence-corrected chi connectivity index (χ2v) is 5.26. The molecule has 0 aromatic heterocycles. The van der Waals surface area contributed by atoms with Crippen LogP contribution in [0.2, 0.25) is 0 Å². The summed E-state index contributed by atoms with van der Waals surface area (Å²) in [6, 6.07) is 8.96. The van der Waals surface area contributed by atoms with Crippen LogP contribution in [0.1, 0.15) is 12.5 Å². The van der Waals surface area contributed by atoms with Gasteiger partial charge in [-0.2, -0.15) is 5.26 Å². The molecule has 1 fully saturated rings. The fraction of sp³-hybridized carbons (Fsp3) is 0.500. The molecule has 1 aliphatic heterocycles. The smallest absolute Gasteiger partial charge is 0.263 e. The van der Waals surface area contributed by atoms with Gasteiger partial charge >= 0.3 is 0 Å². The number of hydrogen-bond acceptors (Lipinski definition) is 5. The van der Waals surface area contributed by atoms with E-state index in [1.54, 1.807) is 36.1 Å². The third-order valence-corrected chi connectivity index (χ3v) is 3.76. The molecule has 118 valence electrons. The first-order valence-corrected chi connectivity index (χ1v) is 7.43. The van der Waals surface area contributed by atoms with Gasteiger partial charge in [0.2, 0.25) is 0 Å². The van der Waals surface area contributed by atoms with Crippen molar-refractivity contribution in [3.8, 4) is 11.8 Å². The van der Waals surface area contributed by atoms with Crippen LogP contribution in [0.5, 0.6) is 5.75 Å². The molecule has 1 heterocycles. The molecular weight excluding hydrogens is 282 g/mol. The van der Waals surface area contributed by atoms with E-state index in [-0.39, 0.29) is 12.5 Å². The van der Waals surface area contributed by atoms with Crippen molar-refractivity contribution < 1.29 is 14.6 Å². The topological polar surface area (TPSA) is 76.8 Å². The molecule has 0 unspecified atom stereocenters. The van der Waals surface area contributed by atoms with Crippen LogP contribution >= 0.6 is 0 Å². The first-order valence-electron chi connectivity index (χ1n) is 7.43. The minimum Gasteiger partial charge on any atom is -0.480 e.